The topological polar surface area (TPSA) is 55.5 Å². The number of ether oxygens (including phenoxy) is 1. The first-order valence-corrected chi connectivity index (χ1v) is 6.66. The summed E-state index contributed by atoms with van der Waals surface area (Å²) in [5, 5.41) is 10.9. The Balaban J connectivity index is 2.13. The minimum Gasteiger partial charge on any atom is -0.389 e. The van der Waals surface area contributed by atoms with E-state index in [0.29, 0.717) is 12.5 Å². The van der Waals surface area contributed by atoms with E-state index in [1.165, 1.54) is 6.42 Å². The molecule has 0 bridgehead atoms. The second-order valence-electron chi connectivity index (χ2n) is 5.65. The van der Waals surface area contributed by atoms with Crippen LogP contribution in [0.3, 0.4) is 0 Å². The summed E-state index contributed by atoms with van der Waals surface area (Å²) in [7, 11) is 0. The first-order valence-electron chi connectivity index (χ1n) is 6.66. The van der Waals surface area contributed by atoms with Gasteiger partial charge in [-0.25, -0.2) is 0 Å². The van der Waals surface area contributed by atoms with Crippen LogP contribution in [0.5, 0.6) is 0 Å². The smallest absolute Gasteiger partial charge is 0.0720 e. The van der Waals surface area contributed by atoms with E-state index in [-0.39, 0.29) is 5.41 Å². The fraction of sp³-hybridized carbons (Fsp3) is 1.00. The van der Waals surface area contributed by atoms with Gasteiger partial charge in [-0.3, -0.25) is 0 Å². The molecule has 3 nitrogen and oxygen atoms in total. The van der Waals surface area contributed by atoms with Crippen molar-refractivity contribution in [3.8, 4) is 0 Å². The molecule has 0 spiro atoms. The van der Waals surface area contributed by atoms with Crippen molar-refractivity contribution in [2.24, 2.45) is 17.1 Å². The van der Waals surface area contributed by atoms with Crippen LogP contribution in [0.1, 0.15) is 45.4 Å². The largest absolute Gasteiger partial charge is 0.389 e. The van der Waals surface area contributed by atoms with Crippen LogP contribution >= 0.6 is 0 Å². The molecule has 2 rings (SSSR count). The highest BCUT2D eigenvalue weighted by Gasteiger charge is 2.53. The van der Waals surface area contributed by atoms with Crippen molar-refractivity contribution in [2.45, 2.75) is 51.0 Å². The van der Waals surface area contributed by atoms with Crippen LogP contribution in [0, 0.1) is 11.3 Å². The molecule has 1 aliphatic carbocycles. The molecule has 1 aliphatic heterocycles. The normalized spacial score (nSPS) is 38.8. The molecule has 1 saturated carbocycles. The molecule has 1 heterocycles. The summed E-state index contributed by atoms with van der Waals surface area (Å²) in [6, 6.07) is 0. The van der Waals surface area contributed by atoms with Crippen molar-refractivity contribution in [1.82, 2.24) is 0 Å². The molecule has 0 aromatic rings. The van der Waals surface area contributed by atoms with Crippen molar-refractivity contribution in [2.75, 3.05) is 19.8 Å². The van der Waals surface area contributed by atoms with Gasteiger partial charge in [0.25, 0.3) is 0 Å². The van der Waals surface area contributed by atoms with E-state index < -0.39 is 5.60 Å². The summed E-state index contributed by atoms with van der Waals surface area (Å²) >= 11 is 0. The number of rotatable bonds is 3. The molecule has 1 saturated heterocycles. The minimum atomic E-state index is -0.522. The average Bonchev–Trinajstić information content (AvgIpc) is 2.74. The highest BCUT2D eigenvalue weighted by atomic mass is 16.5. The zero-order chi connectivity index (χ0) is 11.6. The van der Waals surface area contributed by atoms with Gasteiger partial charge in [0.15, 0.2) is 0 Å². The molecule has 3 N–H and O–H groups in total. The van der Waals surface area contributed by atoms with Crippen molar-refractivity contribution in [3.05, 3.63) is 0 Å². The fourth-order valence-electron chi connectivity index (χ4n) is 3.58. The Hall–Kier alpha value is -0.120. The maximum absolute atomic E-state index is 10.9. The van der Waals surface area contributed by atoms with Gasteiger partial charge in [0.2, 0.25) is 0 Å². The van der Waals surface area contributed by atoms with Crippen molar-refractivity contribution in [1.29, 1.82) is 0 Å². The van der Waals surface area contributed by atoms with Gasteiger partial charge in [0, 0.05) is 25.2 Å². The quantitative estimate of drug-likeness (QED) is 0.771. The Morgan fingerprint density at radius 1 is 1.31 bits per heavy atom. The van der Waals surface area contributed by atoms with Crippen LogP contribution in [0.25, 0.3) is 0 Å². The van der Waals surface area contributed by atoms with E-state index in [2.05, 4.69) is 6.92 Å². The van der Waals surface area contributed by atoms with Crippen LogP contribution in [0.2, 0.25) is 0 Å². The van der Waals surface area contributed by atoms with Gasteiger partial charge < -0.3 is 15.6 Å². The van der Waals surface area contributed by atoms with Gasteiger partial charge in [0.1, 0.15) is 0 Å². The molecule has 3 heteroatoms. The first kappa shape index (κ1) is 12.3. The van der Waals surface area contributed by atoms with Crippen molar-refractivity contribution < 1.29 is 9.84 Å². The zero-order valence-electron chi connectivity index (χ0n) is 10.4. The number of hydrogen-bond donors (Lipinski definition) is 2. The van der Waals surface area contributed by atoms with Crippen LogP contribution < -0.4 is 5.73 Å². The molecule has 2 aliphatic rings. The maximum Gasteiger partial charge on any atom is 0.0720 e. The van der Waals surface area contributed by atoms with Gasteiger partial charge in [-0.15, -0.1) is 0 Å². The molecule has 2 unspecified atom stereocenters. The van der Waals surface area contributed by atoms with Crippen molar-refractivity contribution in [3.63, 3.8) is 0 Å². The number of nitrogens with two attached hydrogens (primary N) is 1. The van der Waals surface area contributed by atoms with Crippen LogP contribution in [-0.4, -0.2) is 30.5 Å². The maximum atomic E-state index is 10.9. The summed E-state index contributed by atoms with van der Waals surface area (Å²) in [5.74, 6) is 0.691. The van der Waals surface area contributed by atoms with E-state index >= 15 is 0 Å². The fourth-order valence-corrected chi connectivity index (χ4v) is 3.58. The standard InChI is InChI=1S/C13H25NO2/c1-2-11-3-4-13(15,9-11)12(10-14)5-7-16-8-6-12/h11,15H,2-10,14H2,1H3. The average molecular weight is 227 g/mol. The molecule has 0 aromatic heterocycles. The molecular weight excluding hydrogens is 202 g/mol. The van der Waals surface area contributed by atoms with Gasteiger partial charge in [-0.1, -0.05) is 13.3 Å². The van der Waals surface area contributed by atoms with E-state index in [0.717, 1.165) is 45.3 Å². The third-order valence-electron chi connectivity index (χ3n) is 5.00. The first-order chi connectivity index (χ1) is 7.66. The molecule has 0 amide bonds. The summed E-state index contributed by atoms with van der Waals surface area (Å²) in [4.78, 5) is 0. The van der Waals surface area contributed by atoms with Crippen LogP contribution in [-0.2, 0) is 4.74 Å². The lowest BCUT2D eigenvalue weighted by molar-refractivity contribution is -0.126. The molecule has 16 heavy (non-hydrogen) atoms. The van der Waals surface area contributed by atoms with Crippen molar-refractivity contribution >= 4 is 0 Å². The van der Waals surface area contributed by atoms with Crippen LogP contribution in [0.4, 0.5) is 0 Å². The lowest BCUT2D eigenvalue weighted by Gasteiger charge is -2.47. The Morgan fingerprint density at radius 3 is 2.50 bits per heavy atom. The Kier molecular flexibility index (Phi) is 3.57. The third kappa shape index (κ3) is 1.89. The SMILES string of the molecule is CCC1CCC(O)(C2(CN)CCOCC2)C1. The second-order valence-corrected chi connectivity index (χ2v) is 5.65. The van der Waals surface area contributed by atoms with E-state index in [1.54, 1.807) is 0 Å². The minimum absolute atomic E-state index is 0.0742. The molecule has 0 aromatic carbocycles. The Labute approximate surface area is 98.4 Å². The van der Waals surface area contributed by atoms with Gasteiger partial charge in [0.05, 0.1) is 5.60 Å². The van der Waals surface area contributed by atoms with Gasteiger partial charge >= 0.3 is 0 Å². The highest BCUT2D eigenvalue weighted by molar-refractivity contribution is 5.04. The molecule has 2 atom stereocenters. The molecule has 2 fully saturated rings. The van der Waals surface area contributed by atoms with E-state index in [9.17, 15) is 5.11 Å². The highest BCUT2D eigenvalue weighted by Crippen LogP contribution is 2.51. The summed E-state index contributed by atoms with van der Waals surface area (Å²) in [5.41, 5.74) is 5.38. The molecule has 0 radical (unpaired) electrons. The Bertz CT molecular complexity index is 238. The number of aliphatic hydroxyl groups is 1. The summed E-state index contributed by atoms with van der Waals surface area (Å²) in [6.45, 7) is 4.34. The third-order valence-corrected chi connectivity index (χ3v) is 5.00. The van der Waals surface area contributed by atoms with Gasteiger partial charge in [-0.2, -0.15) is 0 Å². The Morgan fingerprint density at radius 2 is 2.00 bits per heavy atom. The van der Waals surface area contributed by atoms with E-state index in [4.69, 9.17) is 10.5 Å². The lowest BCUT2D eigenvalue weighted by Crippen LogP contribution is -2.54. The predicted molar refractivity (Wildman–Crippen MR) is 64.1 cm³/mol. The summed E-state index contributed by atoms with van der Waals surface area (Å²) in [6.07, 6.45) is 6.07. The second kappa shape index (κ2) is 4.63. The van der Waals surface area contributed by atoms with Gasteiger partial charge in [-0.05, 0) is 38.0 Å². The molecule has 94 valence electrons. The van der Waals surface area contributed by atoms with E-state index in [1.807, 2.05) is 0 Å². The monoisotopic (exact) mass is 227 g/mol. The molecular formula is C13H25NO2. The number of hydrogen-bond acceptors (Lipinski definition) is 3. The van der Waals surface area contributed by atoms with Crippen LogP contribution in [0.15, 0.2) is 0 Å². The lowest BCUT2D eigenvalue weighted by atomic mass is 9.65. The summed E-state index contributed by atoms with van der Waals surface area (Å²) < 4.78 is 5.42. The zero-order valence-corrected chi connectivity index (χ0v) is 10.4. The predicted octanol–water partition coefficient (Wildman–Crippen LogP) is 1.68.